The van der Waals surface area contributed by atoms with Crippen molar-refractivity contribution in [3.8, 4) is 22.8 Å². The van der Waals surface area contributed by atoms with Crippen LogP contribution in [0.25, 0.3) is 11.3 Å². The number of benzene rings is 1. The lowest BCUT2D eigenvalue weighted by Crippen LogP contribution is -2.01. The molecule has 1 N–H and O–H groups in total. The van der Waals surface area contributed by atoms with Crippen LogP contribution >= 0.6 is 0 Å². The normalized spacial score (nSPS) is 15.2. The molecule has 22 heavy (non-hydrogen) atoms. The standard InChI is InChI=1S/C16H16N2O4/c1-8-9-3-5-22-15(9)13(10-4-6-21-14(8)10)12-7-11(16(19)20)17-18(12)2/h7H,3-6H2,1-2H3,(H,19,20). The van der Waals surface area contributed by atoms with Crippen molar-refractivity contribution in [1.82, 2.24) is 9.78 Å². The van der Waals surface area contributed by atoms with Crippen molar-refractivity contribution in [2.75, 3.05) is 13.2 Å². The van der Waals surface area contributed by atoms with Gasteiger partial charge in [-0.3, -0.25) is 4.68 Å². The number of hydrogen-bond acceptors (Lipinski definition) is 4. The summed E-state index contributed by atoms with van der Waals surface area (Å²) >= 11 is 0. The van der Waals surface area contributed by atoms with E-state index in [0.29, 0.717) is 13.2 Å². The van der Waals surface area contributed by atoms with E-state index < -0.39 is 5.97 Å². The predicted molar refractivity (Wildman–Crippen MR) is 78.7 cm³/mol. The second kappa shape index (κ2) is 4.50. The number of carbonyl (C=O) groups is 1. The summed E-state index contributed by atoms with van der Waals surface area (Å²) in [6.45, 7) is 3.36. The summed E-state index contributed by atoms with van der Waals surface area (Å²) in [5.74, 6) is 0.762. The molecular formula is C16H16N2O4. The molecule has 0 spiro atoms. The molecule has 1 aromatic heterocycles. The first-order valence-electron chi connectivity index (χ1n) is 7.29. The number of rotatable bonds is 2. The number of aryl methyl sites for hydroxylation is 1. The molecule has 6 heteroatoms. The topological polar surface area (TPSA) is 73.6 Å². The van der Waals surface area contributed by atoms with Gasteiger partial charge in [-0.2, -0.15) is 5.10 Å². The molecule has 0 aliphatic carbocycles. The van der Waals surface area contributed by atoms with Crippen molar-refractivity contribution >= 4 is 5.97 Å². The lowest BCUT2D eigenvalue weighted by Gasteiger charge is -2.15. The van der Waals surface area contributed by atoms with Crippen molar-refractivity contribution in [3.05, 3.63) is 28.5 Å². The molecule has 114 valence electrons. The summed E-state index contributed by atoms with van der Waals surface area (Å²) in [6, 6.07) is 1.60. The fourth-order valence-corrected chi connectivity index (χ4v) is 3.42. The van der Waals surface area contributed by atoms with Crippen molar-refractivity contribution in [2.45, 2.75) is 19.8 Å². The molecule has 6 nitrogen and oxygen atoms in total. The largest absolute Gasteiger partial charge is 0.493 e. The van der Waals surface area contributed by atoms with Crippen LogP contribution in [0.5, 0.6) is 11.5 Å². The summed E-state index contributed by atoms with van der Waals surface area (Å²) in [5.41, 5.74) is 5.14. The summed E-state index contributed by atoms with van der Waals surface area (Å²) in [6.07, 6.45) is 1.66. The second-order valence-electron chi connectivity index (χ2n) is 5.66. The third-order valence-corrected chi connectivity index (χ3v) is 4.42. The number of fused-ring (bicyclic) bond motifs is 2. The highest BCUT2D eigenvalue weighted by Crippen LogP contribution is 2.48. The Morgan fingerprint density at radius 3 is 2.59 bits per heavy atom. The third-order valence-electron chi connectivity index (χ3n) is 4.42. The quantitative estimate of drug-likeness (QED) is 0.918. The van der Waals surface area contributed by atoms with Crippen LogP contribution in [0.3, 0.4) is 0 Å². The molecule has 0 radical (unpaired) electrons. The average Bonchev–Trinajstić information content (AvgIpc) is 3.19. The molecule has 0 atom stereocenters. The molecule has 2 aliphatic heterocycles. The Morgan fingerprint density at radius 2 is 1.91 bits per heavy atom. The van der Waals surface area contributed by atoms with Crippen molar-refractivity contribution < 1.29 is 19.4 Å². The fraction of sp³-hybridized carbons (Fsp3) is 0.375. The summed E-state index contributed by atoms with van der Waals surface area (Å²) in [5, 5.41) is 13.2. The van der Waals surface area contributed by atoms with Gasteiger partial charge in [-0.1, -0.05) is 0 Å². The molecule has 0 fully saturated rings. The maximum absolute atomic E-state index is 11.2. The zero-order valence-corrected chi connectivity index (χ0v) is 12.5. The zero-order valence-electron chi connectivity index (χ0n) is 12.5. The van der Waals surface area contributed by atoms with E-state index >= 15 is 0 Å². The number of aromatic nitrogens is 2. The van der Waals surface area contributed by atoms with Crippen molar-refractivity contribution in [1.29, 1.82) is 0 Å². The number of ether oxygens (including phenoxy) is 2. The van der Waals surface area contributed by atoms with E-state index in [4.69, 9.17) is 14.6 Å². The first-order valence-corrected chi connectivity index (χ1v) is 7.29. The Hall–Kier alpha value is -2.50. The highest BCUT2D eigenvalue weighted by atomic mass is 16.5. The van der Waals surface area contributed by atoms with Crippen LogP contribution in [-0.4, -0.2) is 34.1 Å². The van der Waals surface area contributed by atoms with Gasteiger partial charge in [0.05, 0.1) is 18.9 Å². The van der Waals surface area contributed by atoms with Gasteiger partial charge in [-0.15, -0.1) is 0 Å². The van der Waals surface area contributed by atoms with E-state index in [1.807, 2.05) is 0 Å². The number of nitrogens with zero attached hydrogens (tertiary/aromatic N) is 2. The van der Waals surface area contributed by atoms with Crippen LogP contribution in [-0.2, 0) is 19.9 Å². The lowest BCUT2D eigenvalue weighted by molar-refractivity contribution is 0.0689. The van der Waals surface area contributed by atoms with Crippen molar-refractivity contribution in [3.63, 3.8) is 0 Å². The zero-order chi connectivity index (χ0) is 15.4. The molecule has 4 rings (SSSR count). The van der Waals surface area contributed by atoms with Gasteiger partial charge in [0, 0.05) is 36.6 Å². The Kier molecular flexibility index (Phi) is 2.69. The molecule has 0 saturated heterocycles. The molecular weight excluding hydrogens is 284 g/mol. The Labute approximate surface area is 127 Å². The predicted octanol–water partition coefficient (Wildman–Crippen LogP) is 1.96. The molecule has 2 aliphatic rings. The molecule has 2 aromatic rings. The molecule has 3 heterocycles. The van der Waals surface area contributed by atoms with Gasteiger partial charge in [0.25, 0.3) is 0 Å². The Balaban J connectivity index is 2.02. The van der Waals surface area contributed by atoms with Crippen LogP contribution in [0.15, 0.2) is 6.07 Å². The van der Waals surface area contributed by atoms with Gasteiger partial charge >= 0.3 is 5.97 Å². The molecule has 0 saturated carbocycles. The van der Waals surface area contributed by atoms with Crippen LogP contribution in [0.4, 0.5) is 0 Å². The molecule has 0 amide bonds. The molecule has 1 aromatic carbocycles. The van der Waals surface area contributed by atoms with Crippen LogP contribution in [0, 0.1) is 6.92 Å². The Morgan fingerprint density at radius 1 is 1.23 bits per heavy atom. The van der Waals surface area contributed by atoms with E-state index in [9.17, 15) is 4.79 Å². The monoisotopic (exact) mass is 300 g/mol. The number of carboxylic acid groups (broad SMARTS) is 1. The summed E-state index contributed by atoms with van der Waals surface area (Å²) < 4.78 is 13.3. The van der Waals surface area contributed by atoms with Gasteiger partial charge in [-0.25, -0.2) is 4.79 Å². The fourth-order valence-electron chi connectivity index (χ4n) is 3.42. The second-order valence-corrected chi connectivity index (χ2v) is 5.66. The van der Waals surface area contributed by atoms with E-state index in [1.165, 1.54) is 0 Å². The SMILES string of the molecule is Cc1c2c(c(-c3cc(C(=O)O)nn3C)c3c1OCC3)OCC2. The smallest absolute Gasteiger partial charge is 0.356 e. The van der Waals surface area contributed by atoms with Crippen LogP contribution in [0.1, 0.15) is 27.2 Å². The summed E-state index contributed by atoms with van der Waals surface area (Å²) in [7, 11) is 1.76. The van der Waals surface area contributed by atoms with Gasteiger partial charge in [0.1, 0.15) is 11.5 Å². The number of carboxylic acids is 1. The minimum Gasteiger partial charge on any atom is -0.493 e. The van der Waals surface area contributed by atoms with Crippen LogP contribution < -0.4 is 9.47 Å². The first kappa shape index (κ1) is 13.2. The average molecular weight is 300 g/mol. The third kappa shape index (κ3) is 1.66. The van der Waals surface area contributed by atoms with E-state index in [-0.39, 0.29) is 5.69 Å². The van der Waals surface area contributed by atoms with Gasteiger partial charge in [0.2, 0.25) is 0 Å². The van der Waals surface area contributed by atoms with Gasteiger partial charge in [-0.05, 0) is 18.6 Å². The van der Waals surface area contributed by atoms with E-state index in [2.05, 4.69) is 12.0 Å². The lowest BCUT2D eigenvalue weighted by atomic mass is 9.93. The van der Waals surface area contributed by atoms with Gasteiger partial charge < -0.3 is 14.6 Å². The van der Waals surface area contributed by atoms with E-state index in [1.54, 1.807) is 17.8 Å². The highest BCUT2D eigenvalue weighted by Gasteiger charge is 2.32. The van der Waals surface area contributed by atoms with Gasteiger partial charge in [0.15, 0.2) is 5.69 Å². The van der Waals surface area contributed by atoms with E-state index in [0.717, 1.165) is 52.3 Å². The minimum absolute atomic E-state index is 0.0393. The van der Waals surface area contributed by atoms with Crippen molar-refractivity contribution in [2.24, 2.45) is 7.05 Å². The summed E-state index contributed by atoms with van der Waals surface area (Å²) in [4.78, 5) is 11.2. The minimum atomic E-state index is -1.03. The maximum atomic E-state index is 11.2. The number of aromatic carboxylic acids is 1. The number of hydrogen-bond donors (Lipinski definition) is 1. The first-order chi connectivity index (χ1) is 10.6. The Bertz CT molecular complexity index is 772. The molecule has 0 bridgehead atoms. The highest BCUT2D eigenvalue weighted by molar-refractivity contribution is 5.88. The maximum Gasteiger partial charge on any atom is 0.356 e. The van der Waals surface area contributed by atoms with Crippen LogP contribution in [0.2, 0.25) is 0 Å². The molecule has 0 unspecified atom stereocenters.